The standard InChI is InChI=1S/C22H24O2/c1-3-5-9-16(4-2)22(23)24-21-13-8-12-19-14-17-10-6-7-11-18(17)15-20(19)21/h6-8,10-16H,3-5,9H2,1-2H3. The van der Waals surface area contributed by atoms with Crippen molar-refractivity contribution in [3.05, 3.63) is 54.6 Å². The molecule has 24 heavy (non-hydrogen) atoms. The zero-order valence-corrected chi connectivity index (χ0v) is 14.4. The molecule has 1 atom stereocenters. The molecule has 0 saturated heterocycles. The Morgan fingerprint density at radius 2 is 1.67 bits per heavy atom. The van der Waals surface area contributed by atoms with E-state index >= 15 is 0 Å². The molecule has 0 aliphatic rings. The van der Waals surface area contributed by atoms with E-state index < -0.39 is 0 Å². The lowest BCUT2D eigenvalue weighted by atomic mass is 9.99. The first kappa shape index (κ1) is 16.5. The average Bonchev–Trinajstić information content (AvgIpc) is 2.61. The lowest BCUT2D eigenvalue weighted by molar-refractivity contribution is -0.139. The molecule has 3 aromatic carbocycles. The van der Waals surface area contributed by atoms with Crippen molar-refractivity contribution < 1.29 is 9.53 Å². The van der Waals surface area contributed by atoms with Crippen LogP contribution in [-0.4, -0.2) is 5.97 Å². The van der Waals surface area contributed by atoms with Crippen LogP contribution in [0.5, 0.6) is 5.75 Å². The van der Waals surface area contributed by atoms with Crippen molar-refractivity contribution >= 4 is 27.5 Å². The Balaban J connectivity index is 1.94. The van der Waals surface area contributed by atoms with Gasteiger partial charge in [-0.1, -0.05) is 63.1 Å². The Morgan fingerprint density at radius 1 is 0.958 bits per heavy atom. The molecule has 124 valence electrons. The number of carbonyl (C=O) groups is 1. The molecule has 0 N–H and O–H groups in total. The Bertz CT molecular complexity index is 851. The monoisotopic (exact) mass is 320 g/mol. The lowest BCUT2D eigenvalue weighted by Gasteiger charge is -2.15. The van der Waals surface area contributed by atoms with E-state index in [1.165, 1.54) is 5.39 Å². The lowest BCUT2D eigenvalue weighted by Crippen LogP contribution is -2.20. The zero-order valence-electron chi connectivity index (χ0n) is 14.4. The Kier molecular flexibility index (Phi) is 5.14. The number of fused-ring (bicyclic) bond motifs is 2. The van der Waals surface area contributed by atoms with Crippen LogP contribution in [0.1, 0.15) is 39.5 Å². The highest BCUT2D eigenvalue weighted by atomic mass is 16.5. The largest absolute Gasteiger partial charge is 0.426 e. The van der Waals surface area contributed by atoms with Crippen molar-refractivity contribution in [1.82, 2.24) is 0 Å². The molecule has 2 heteroatoms. The second-order valence-corrected chi connectivity index (χ2v) is 6.35. The van der Waals surface area contributed by atoms with Gasteiger partial charge in [-0.3, -0.25) is 4.79 Å². The highest BCUT2D eigenvalue weighted by Crippen LogP contribution is 2.31. The first-order valence-electron chi connectivity index (χ1n) is 8.86. The van der Waals surface area contributed by atoms with Crippen molar-refractivity contribution in [3.8, 4) is 5.75 Å². The number of ether oxygens (including phenoxy) is 1. The van der Waals surface area contributed by atoms with E-state index in [-0.39, 0.29) is 11.9 Å². The van der Waals surface area contributed by atoms with E-state index in [2.05, 4.69) is 44.2 Å². The zero-order chi connectivity index (χ0) is 16.9. The van der Waals surface area contributed by atoms with E-state index in [0.717, 1.165) is 41.8 Å². The third-order valence-corrected chi connectivity index (χ3v) is 4.65. The number of hydrogen-bond acceptors (Lipinski definition) is 2. The molecule has 0 aliphatic heterocycles. The van der Waals surface area contributed by atoms with Crippen LogP contribution < -0.4 is 4.74 Å². The van der Waals surface area contributed by atoms with Crippen LogP contribution in [0.4, 0.5) is 0 Å². The Morgan fingerprint density at radius 3 is 2.38 bits per heavy atom. The molecule has 3 rings (SSSR count). The van der Waals surface area contributed by atoms with Crippen LogP contribution in [0, 0.1) is 5.92 Å². The molecule has 0 fully saturated rings. The van der Waals surface area contributed by atoms with E-state index in [4.69, 9.17) is 4.74 Å². The van der Waals surface area contributed by atoms with Gasteiger partial charge in [-0.15, -0.1) is 0 Å². The van der Waals surface area contributed by atoms with E-state index in [0.29, 0.717) is 5.75 Å². The quantitative estimate of drug-likeness (QED) is 0.311. The fourth-order valence-electron chi connectivity index (χ4n) is 3.16. The van der Waals surface area contributed by atoms with Crippen LogP contribution in [0.15, 0.2) is 54.6 Å². The second-order valence-electron chi connectivity index (χ2n) is 6.35. The molecule has 0 aromatic heterocycles. The number of benzene rings is 3. The summed E-state index contributed by atoms with van der Waals surface area (Å²) in [6.45, 7) is 4.20. The van der Waals surface area contributed by atoms with Gasteiger partial charge >= 0.3 is 5.97 Å². The normalized spacial score (nSPS) is 12.4. The van der Waals surface area contributed by atoms with E-state index in [1.807, 2.05) is 24.3 Å². The molecule has 0 heterocycles. The van der Waals surface area contributed by atoms with E-state index in [1.54, 1.807) is 0 Å². The van der Waals surface area contributed by atoms with Gasteiger partial charge in [0.1, 0.15) is 5.75 Å². The van der Waals surface area contributed by atoms with Crippen LogP contribution in [0.25, 0.3) is 21.5 Å². The first-order valence-corrected chi connectivity index (χ1v) is 8.86. The second kappa shape index (κ2) is 7.48. The number of rotatable bonds is 6. The Hall–Kier alpha value is -2.35. The SMILES string of the molecule is CCCCC(CC)C(=O)Oc1cccc2cc3ccccc3cc12. The number of esters is 1. The van der Waals surface area contributed by atoms with Crippen LogP contribution in [0.2, 0.25) is 0 Å². The van der Waals surface area contributed by atoms with Gasteiger partial charge in [-0.2, -0.15) is 0 Å². The highest BCUT2D eigenvalue weighted by molar-refractivity contribution is 6.01. The minimum absolute atomic E-state index is 0.0133. The highest BCUT2D eigenvalue weighted by Gasteiger charge is 2.19. The smallest absolute Gasteiger partial charge is 0.314 e. The number of unbranched alkanes of at least 4 members (excludes halogenated alkanes) is 1. The van der Waals surface area contributed by atoms with Crippen LogP contribution in [0.3, 0.4) is 0 Å². The maximum absolute atomic E-state index is 12.5. The van der Waals surface area contributed by atoms with Crippen LogP contribution in [-0.2, 0) is 4.79 Å². The fraction of sp³-hybridized carbons (Fsp3) is 0.318. The van der Waals surface area contributed by atoms with Gasteiger partial charge in [-0.05, 0) is 47.2 Å². The summed E-state index contributed by atoms with van der Waals surface area (Å²) in [6, 6.07) is 18.4. The van der Waals surface area contributed by atoms with Gasteiger partial charge in [0.05, 0.1) is 5.92 Å². The van der Waals surface area contributed by atoms with Crippen molar-refractivity contribution in [1.29, 1.82) is 0 Å². The van der Waals surface area contributed by atoms with E-state index in [9.17, 15) is 4.79 Å². The molecule has 0 radical (unpaired) electrons. The molecule has 1 unspecified atom stereocenters. The number of carbonyl (C=O) groups excluding carboxylic acids is 1. The van der Waals surface area contributed by atoms with Gasteiger partial charge in [0.15, 0.2) is 0 Å². The molecule has 3 aromatic rings. The summed E-state index contributed by atoms with van der Waals surface area (Å²) in [4.78, 5) is 12.5. The van der Waals surface area contributed by atoms with Gasteiger partial charge in [0.25, 0.3) is 0 Å². The average molecular weight is 320 g/mol. The summed E-state index contributed by atoms with van der Waals surface area (Å²) in [6.07, 6.45) is 3.89. The molecule has 0 bridgehead atoms. The molecular formula is C22H24O2. The minimum atomic E-state index is -0.105. The summed E-state index contributed by atoms with van der Waals surface area (Å²) in [5, 5.41) is 4.45. The summed E-state index contributed by atoms with van der Waals surface area (Å²) >= 11 is 0. The molecule has 0 saturated carbocycles. The van der Waals surface area contributed by atoms with Gasteiger partial charge in [0.2, 0.25) is 0 Å². The van der Waals surface area contributed by atoms with Crippen LogP contribution >= 0.6 is 0 Å². The summed E-state index contributed by atoms with van der Waals surface area (Å²) in [5.74, 6) is 0.547. The fourth-order valence-corrected chi connectivity index (χ4v) is 3.16. The van der Waals surface area contributed by atoms with Crippen molar-refractivity contribution in [2.45, 2.75) is 39.5 Å². The molecular weight excluding hydrogens is 296 g/mol. The summed E-state index contributed by atoms with van der Waals surface area (Å²) < 4.78 is 5.79. The van der Waals surface area contributed by atoms with Gasteiger partial charge in [-0.25, -0.2) is 0 Å². The first-order chi connectivity index (χ1) is 11.7. The predicted molar refractivity (Wildman–Crippen MR) is 100 cm³/mol. The summed E-state index contributed by atoms with van der Waals surface area (Å²) in [7, 11) is 0. The molecule has 0 spiro atoms. The predicted octanol–water partition coefficient (Wildman–Crippen LogP) is 6.11. The topological polar surface area (TPSA) is 26.3 Å². The van der Waals surface area contributed by atoms with Crippen molar-refractivity contribution in [2.24, 2.45) is 5.92 Å². The molecule has 0 aliphatic carbocycles. The van der Waals surface area contributed by atoms with Crippen molar-refractivity contribution in [2.75, 3.05) is 0 Å². The number of hydrogen-bond donors (Lipinski definition) is 0. The maximum Gasteiger partial charge on any atom is 0.314 e. The Labute approximate surface area is 143 Å². The summed E-state index contributed by atoms with van der Waals surface area (Å²) in [5.41, 5.74) is 0. The molecule has 2 nitrogen and oxygen atoms in total. The minimum Gasteiger partial charge on any atom is -0.426 e. The van der Waals surface area contributed by atoms with Gasteiger partial charge in [0, 0.05) is 5.39 Å². The third-order valence-electron chi connectivity index (χ3n) is 4.65. The van der Waals surface area contributed by atoms with Gasteiger partial charge < -0.3 is 4.74 Å². The molecule has 0 amide bonds. The third kappa shape index (κ3) is 3.43. The van der Waals surface area contributed by atoms with Crippen molar-refractivity contribution in [3.63, 3.8) is 0 Å². The maximum atomic E-state index is 12.5.